The van der Waals surface area contributed by atoms with Gasteiger partial charge in [-0.25, -0.2) is 4.98 Å². The first-order valence-electron chi connectivity index (χ1n) is 8.84. The Bertz CT molecular complexity index is 622. The van der Waals surface area contributed by atoms with Crippen LogP contribution in [0.1, 0.15) is 31.7 Å². The number of aromatic nitrogens is 2. The van der Waals surface area contributed by atoms with Crippen molar-refractivity contribution in [2.24, 2.45) is 4.99 Å². The fraction of sp³-hybridized carbons (Fsp3) is 0.474. The quantitative estimate of drug-likeness (QED) is 0.543. The fourth-order valence-electron chi connectivity index (χ4n) is 2.53. The van der Waals surface area contributed by atoms with Crippen LogP contribution in [-0.2, 0) is 6.54 Å². The zero-order valence-electron chi connectivity index (χ0n) is 15.4. The summed E-state index contributed by atoms with van der Waals surface area (Å²) in [5.41, 5.74) is 1.31. The molecule has 0 bridgehead atoms. The molecule has 2 aromatic rings. The molecule has 1 heterocycles. The number of aliphatic imine (C=N–C) groups is 1. The summed E-state index contributed by atoms with van der Waals surface area (Å²) in [6.07, 6.45) is 6.58. The van der Waals surface area contributed by atoms with Gasteiger partial charge in [-0.05, 0) is 37.0 Å². The van der Waals surface area contributed by atoms with Crippen LogP contribution >= 0.6 is 0 Å². The van der Waals surface area contributed by atoms with E-state index in [0.29, 0.717) is 5.92 Å². The van der Waals surface area contributed by atoms with Gasteiger partial charge in [0.2, 0.25) is 0 Å². The Labute approximate surface area is 150 Å². The van der Waals surface area contributed by atoms with Crippen LogP contribution in [0, 0.1) is 0 Å². The average Bonchev–Trinajstić information content (AvgIpc) is 3.15. The van der Waals surface area contributed by atoms with Gasteiger partial charge < -0.3 is 19.9 Å². The number of ether oxygens (including phenoxy) is 1. The van der Waals surface area contributed by atoms with Crippen LogP contribution in [0.3, 0.4) is 0 Å². The summed E-state index contributed by atoms with van der Waals surface area (Å²) in [5.74, 6) is 2.22. The van der Waals surface area contributed by atoms with Gasteiger partial charge in [0.15, 0.2) is 5.96 Å². The Morgan fingerprint density at radius 3 is 2.72 bits per heavy atom. The van der Waals surface area contributed by atoms with Gasteiger partial charge in [0, 0.05) is 38.6 Å². The molecule has 0 saturated heterocycles. The van der Waals surface area contributed by atoms with Crippen molar-refractivity contribution in [3.8, 4) is 5.75 Å². The van der Waals surface area contributed by atoms with Gasteiger partial charge in [-0.3, -0.25) is 4.99 Å². The molecule has 0 fully saturated rings. The minimum atomic E-state index is 0.462. The molecule has 1 atom stereocenters. The lowest BCUT2D eigenvalue weighted by Gasteiger charge is -2.14. The summed E-state index contributed by atoms with van der Waals surface area (Å²) >= 11 is 0. The molecule has 0 spiro atoms. The summed E-state index contributed by atoms with van der Waals surface area (Å²) in [4.78, 5) is 8.72. The molecule has 6 nitrogen and oxygen atoms in total. The van der Waals surface area contributed by atoms with Crippen LogP contribution in [0.2, 0.25) is 0 Å². The molecule has 2 rings (SSSR count). The van der Waals surface area contributed by atoms with E-state index in [1.807, 2.05) is 29.2 Å². The van der Waals surface area contributed by atoms with Gasteiger partial charge in [-0.15, -0.1) is 0 Å². The van der Waals surface area contributed by atoms with E-state index < -0.39 is 0 Å². The van der Waals surface area contributed by atoms with Gasteiger partial charge >= 0.3 is 0 Å². The highest BCUT2D eigenvalue weighted by Crippen LogP contribution is 2.21. The first-order valence-corrected chi connectivity index (χ1v) is 8.84. The number of guanidine groups is 1. The number of benzene rings is 1. The maximum atomic E-state index is 5.21. The van der Waals surface area contributed by atoms with Crippen LogP contribution in [-0.4, -0.2) is 42.3 Å². The van der Waals surface area contributed by atoms with Crippen LogP contribution < -0.4 is 15.4 Å². The van der Waals surface area contributed by atoms with E-state index in [1.54, 1.807) is 13.3 Å². The second-order valence-electron chi connectivity index (χ2n) is 5.95. The molecule has 0 saturated carbocycles. The zero-order chi connectivity index (χ0) is 17.9. The smallest absolute Gasteiger partial charge is 0.191 e. The molecule has 2 N–H and O–H groups in total. The Morgan fingerprint density at radius 1 is 1.28 bits per heavy atom. The largest absolute Gasteiger partial charge is 0.497 e. The number of nitrogens with zero attached hydrogens (tertiary/aromatic N) is 3. The lowest BCUT2D eigenvalue weighted by molar-refractivity contribution is 0.414. The van der Waals surface area contributed by atoms with Gasteiger partial charge in [-0.2, -0.15) is 0 Å². The van der Waals surface area contributed by atoms with E-state index in [1.165, 1.54) is 5.56 Å². The van der Waals surface area contributed by atoms with Gasteiger partial charge in [0.1, 0.15) is 5.75 Å². The number of methoxy groups -OCH3 is 1. The minimum Gasteiger partial charge on any atom is -0.497 e. The third-order valence-corrected chi connectivity index (χ3v) is 4.08. The molecule has 0 aliphatic rings. The maximum Gasteiger partial charge on any atom is 0.191 e. The van der Waals surface area contributed by atoms with Crippen molar-refractivity contribution < 1.29 is 4.74 Å². The molecular formula is C19H29N5O. The van der Waals surface area contributed by atoms with Crippen LogP contribution in [0.4, 0.5) is 0 Å². The Balaban J connectivity index is 1.78. The first-order chi connectivity index (χ1) is 12.2. The third-order valence-electron chi connectivity index (χ3n) is 4.08. The third kappa shape index (κ3) is 6.49. The molecule has 0 aliphatic carbocycles. The number of nitrogens with one attached hydrogen (secondary N) is 2. The minimum absolute atomic E-state index is 0.462. The second-order valence-corrected chi connectivity index (χ2v) is 5.95. The summed E-state index contributed by atoms with van der Waals surface area (Å²) in [6.45, 7) is 7.63. The van der Waals surface area contributed by atoms with Crippen molar-refractivity contribution in [1.29, 1.82) is 0 Å². The summed E-state index contributed by atoms with van der Waals surface area (Å²) in [5, 5.41) is 6.65. The zero-order valence-corrected chi connectivity index (χ0v) is 15.4. The predicted octanol–water partition coefficient (Wildman–Crippen LogP) is 2.64. The Morgan fingerprint density at radius 2 is 2.08 bits per heavy atom. The predicted molar refractivity (Wildman–Crippen MR) is 102 cm³/mol. The van der Waals surface area contributed by atoms with Crippen LogP contribution in [0.15, 0.2) is 48.0 Å². The van der Waals surface area contributed by atoms with Crippen molar-refractivity contribution in [3.63, 3.8) is 0 Å². The average molecular weight is 343 g/mol. The van der Waals surface area contributed by atoms with Crippen molar-refractivity contribution in [2.45, 2.75) is 32.7 Å². The summed E-state index contributed by atoms with van der Waals surface area (Å²) in [7, 11) is 1.69. The molecule has 0 aliphatic heterocycles. The van der Waals surface area contributed by atoms with Crippen molar-refractivity contribution >= 4 is 5.96 Å². The number of hydrogen-bond acceptors (Lipinski definition) is 3. The highest BCUT2D eigenvalue weighted by atomic mass is 16.5. The van der Waals surface area contributed by atoms with Crippen LogP contribution in [0.5, 0.6) is 5.75 Å². The van der Waals surface area contributed by atoms with E-state index >= 15 is 0 Å². The first kappa shape index (κ1) is 18.8. The molecular weight excluding hydrogens is 314 g/mol. The normalized spacial score (nSPS) is 12.7. The molecule has 1 unspecified atom stereocenters. The standard InChI is InChI=1S/C19H29N5O/c1-4-21-19(23-12-14-24-13-11-20-15-24)22-10-9-16(2)17-5-7-18(25-3)8-6-17/h5-8,11,13,15-16H,4,9-10,12,14H2,1-3H3,(H2,21,22,23). The van der Waals surface area contributed by atoms with Gasteiger partial charge in [0.05, 0.1) is 13.4 Å². The van der Waals surface area contributed by atoms with Crippen molar-refractivity contribution in [2.75, 3.05) is 26.7 Å². The monoisotopic (exact) mass is 343 g/mol. The molecule has 0 amide bonds. The SMILES string of the molecule is CCNC(=NCCC(C)c1ccc(OC)cc1)NCCn1ccnc1. The van der Waals surface area contributed by atoms with Crippen molar-refractivity contribution in [1.82, 2.24) is 20.2 Å². The maximum absolute atomic E-state index is 5.21. The van der Waals surface area contributed by atoms with Gasteiger partial charge in [0.25, 0.3) is 0 Å². The second kappa shape index (κ2) is 10.4. The van der Waals surface area contributed by atoms with Crippen LogP contribution in [0.25, 0.3) is 0 Å². The molecule has 1 aromatic carbocycles. The number of hydrogen-bond donors (Lipinski definition) is 2. The lowest BCUT2D eigenvalue weighted by atomic mass is 9.98. The van der Waals surface area contributed by atoms with E-state index in [4.69, 9.17) is 4.74 Å². The van der Waals surface area contributed by atoms with E-state index in [0.717, 1.165) is 44.3 Å². The van der Waals surface area contributed by atoms with E-state index in [2.05, 4.69) is 46.6 Å². The fourth-order valence-corrected chi connectivity index (χ4v) is 2.53. The lowest BCUT2D eigenvalue weighted by Crippen LogP contribution is -2.38. The molecule has 0 radical (unpaired) electrons. The van der Waals surface area contributed by atoms with Crippen molar-refractivity contribution in [3.05, 3.63) is 48.5 Å². The summed E-state index contributed by atoms with van der Waals surface area (Å²) < 4.78 is 7.25. The highest BCUT2D eigenvalue weighted by molar-refractivity contribution is 5.79. The summed E-state index contributed by atoms with van der Waals surface area (Å²) in [6, 6.07) is 8.28. The number of imidazole rings is 1. The molecule has 136 valence electrons. The topological polar surface area (TPSA) is 63.5 Å². The molecule has 25 heavy (non-hydrogen) atoms. The molecule has 6 heteroatoms. The number of rotatable bonds is 9. The van der Waals surface area contributed by atoms with E-state index in [9.17, 15) is 0 Å². The Kier molecular flexibility index (Phi) is 7.82. The highest BCUT2D eigenvalue weighted by Gasteiger charge is 2.06. The Hall–Kier alpha value is -2.50. The molecule has 1 aromatic heterocycles. The van der Waals surface area contributed by atoms with E-state index in [-0.39, 0.29) is 0 Å². The van der Waals surface area contributed by atoms with Gasteiger partial charge in [-0.1, -0.05) is 19.1 Å².